The lowest BCUT2D eigenvalue weighted by atomic mass is 10.2. The maximum absolute atomic E-state index is 12.8. The quantitative estimate of drug-likeness (QED) is 0.516. The van der Waals surface area contributed by atoms with E-state index in [-0.39, 0.29) is 22.3 Å². The highest BCUT2D eigenvalue weighted by molar-refractivity contribution is 5.96. The summed E-state index contributed by atoms with van der Waals surface area (Å²) in [6, 6.07) is 9.29. The van der Waals surface area contributed by atoms with Crippen molar-refractivity contribution in [3.8, 4) is 5.69 Å². The lowest BCUT2D eigenvalue weighted by Gasteiger charge is -2.07. The van der Waals surface area contributed by atoms with E-state index in [1.54, 1.807) is 12.3 Å². The van der Waals surface area contributed by atoms with E-state index >= 15 is 0 Å². The highest BCUT2D eigenvalue weighted by atomic mass is 16.5. The fraction of sp³-hybridized carbons (Fsp3) is 0.118. The Balaban J connectivity index is 1.97. The molecule has 8 nitrogen and oxygen atoms in total. The first-order valence-electron chi connectivity index (χ1n) is 7.51. The van der Waals surface area contributed by atoms with E-state index in [2.05, 4.69) is 15.3 Å². The molecule has 8 heteroatoms. The Hall–Kier alpha value is -3.55. The number of benzene rings is 1. The number of ether oxygens (including phenoxy) is 1. The van der Waals surface area contributed by atoms with Gasteiger partial charge in [-0.2, -0.15) is 5.10 Å². The molecule has 0 radical (unpaired) electrons. The van der Waals surface area contributed by atoms with Crippen LogP contribution in [0.3, 0.4) is 0 Å². The van der Waals surface area contributed by atoms with E-state index in [0.717, 1.165) is 11.3 Å². The summed E-state index contributed by atoms with van der Waals surface area (Å²) in [6.07, 6.45) is 3.00. The minimum Gasteiger partial charge on any atom is -0.465 e. The highest BCUT2D eigenvalue weighted by Gasteiger charge is 2.18. The molecule has 25 heavy (non-hydrogen) atoms. The van der Waals surface area contributed by atoms with Crippen LogP contribution in [0.2, 0.25) is 0 Å². The standard InChI is InChI=1S/C17H13N5O3/c1-10-3-5-11(6-4-10)21-8-7-13-14(16(21)23)19-20-15-12(17(24)25-2)9-18-22(13)15/h3-9H,1-2H3. The van der Waals surface area contributed by atoms with Gasteiger partial charge in [0.25, 0.3) is 5.56 Å². The minimum absolute atomic E-state index is 0.162. The summed E-state index contributed by atoms with van der Waals surface area (Å²) in [4.78, 5) is 24.5. The number of pyridine rings is 1. The number of carbonyl (C=O) groups is 1. The molecule has 0 amide bonds. The van der Waals surface area contributed by atoms with Crippen molar-refractivity contribution in [2.24, 2.45) is 0 Å². The van der Waals surface area contributed by atoms with Crippen molar-refractivity contribution < 1.29 is 9.53 Å². The minimum atomic E-state index is -0.559. The molecule has 0 saturated carbocycles. The van der Waals surface area contributed by atoms with Crippen molar-refractivity contribution in [2.45, 2.75) is 6.92 Å². The van der Waals surface area contributed by atoms with Gasteiger partial charge in [-0.3, -0.25) is 9.36 Å². The van der Waals surface area contributed by atoms with Crippen molar-refractivity contribution in [2.75, 3.05) is 7.11 Å². The topological polar surface area (TPSA) is 91.4 Å². The molecule has 124 valence electrons. The van der Waals surface area contributed by atoms with Crippen molar-refractivity contribution in [3.05, 3.63) is 64.2 Å². The lowest BCUT2D eigenvalue weighted by molar-refractivity contribution is 0.0602. The van der Waals surface area contributed by atoms with Gasteiger partial charge in [-0.25, -0.2) is 9.31 Å². The summed E-state index contributed by atoms with van der Waals surface area (Å²) in [5.74, 6) is -0.559. The summed E-state index contributed by atoms with van der Waals surface area (Å²) in [6.45, 7) is 1.98. The average molecular weight is 335 g/mol. The van der Waals surface area contributed by atoms with Gasteiger partial charge in [-0.1, -0.05) is 17.7 Å². The van der Waals surface area contributed by atoms with Gasteiger partial charge in [-0.15, -0.1) is 10.2 Å². The van der Waals surface area contributed by atoms with Gasteiger partial charge in [-0.05, 0) is 25.1 Å². The number of esters is 1. The molecule has 0 N–H and O–H groups in total. The van der Waals surface area contributed by atoms with Gasteiger partial charge in [0.05, 0.1) is 13.3 Å². The third-order valence-electron chi connectivity index (χ3n) is 3.98. The predicted molar refractivity (Wildman–Crippen MR) is 90.0 cm³/mol. The second-order valence-electron chi connectivity index (χ2n) is 5.55. The van der Waals surface area contributed by atoms with Crippen molar-refractivity contribution in [1.29, 1.82) is 0 Å². The van der Waals surface area contributed by atoms with Gasteiger partial charge in [0.15, 0.2) is 11.2 Å². The molecule has 0 atom stereocenters. The first-order valence-corrected chi connectivity index (χ1v) is 7.51. The molecule has 0 fully saturated rings. The normalized spacial score (nSPS) is 11.1. The third-order valence-corrected chi connectivity index (χ3v) is 3.98. The summed E-state index contributed by atoms with van der Waals surface area (Å²) >= 11 is 0. The maximum Gasteiger partial charge on any atom is 0.343 e. The molecule has 4 aromatic rings. The third kappa shape index (κ3) is 2.26. The zero-order valence-corrected chi connectivity index (χ0v) is 13.5. The van der Waals surface area contributed by atoms with Crippen LogP contribution < -0.4 is 5.56 Å². The molecule has 0 unspecified atom stereocenters. The van der Waals surface area contributed by atoms with E-state index in [1.165, 1.54) is 22.4 Å². The first-order chi connectivity index (χ1) is 12.1. The van der Waals surface area contributed by atoms with E-state index in [0.29, 0.717) is 5.52 Å². The molecule has 0 aliphatic heterocycles. The van der Waals surface area contributed by atoms with E-state index < -0.39 is 5.97 Å². The SMILES string of the molecule is COC(=O)c1cnn2c1nnc1c(=O)n(-c3ccc(C)cc3)ccc12. The predicted octanol–water partition coefficient (Wildman–Crippen LogP) is 1.52. The Morgan fingerprint density at radius 3 is 2.60 bits per heavy atom. The smallest absolute Gasteiger partial charge is 0.343 e. The number of fused-ring (bicyclic) bond motifs is 3. The lowest BCUT2D eigenvalue weighted by Crippen LogP contribution is -2.20. The summed E-state index contributed by atoms with van der Waals surface area (Å²) in [7, 11) is 1.28. The number of hydrogen-bond acceptors (Lipinski definition) is 6. The van der Waals surface area contributed by atoms with E-state index in [1.807, 2.05) is 31.2 Å². The van der Waals surface area contributed by atoms with Gasteiger partial charge >= 0.3 is 5.97 Å². The Kier molecular flexibility index (Phi) is 3.31. The van der Waals surface area contributed by atoms with Crippen LogP contribution in [0, 0.1) is 6.92 Å². The second-order valence-corrected chi connectivity index (χ2v) is 5.55. The Bertz CT molecular complexity index is 1170. The number of nitrogens with zero attached hydrogens (tertiary/aromatic N) is 5. The molecule has 3 aromatic heterocycles. The van der Waals surface area contributed by atoms with Crippen LogP contribution in [0.4, 0.5) is 0 Å². The zero-order valence-electron chi connectivity index (χ0n) is 13.5. The Labute approximate surface area is 141 Å². The van der Waals surface area contributed by atoms with Crippen molar-refractivity contribution in [3.63, 3.8) is 0 Å². The molecule has 0 spiro atoms. The first kappa shape index (κ1) is 15.0. The molecule has 0 saturated heterocycles. The Morgan fingerprint density at radius 1 is 1.12 bits per heavy atom. The van der Waals surface area contributed by atoms with Crippen LogP contribution in [-0.2, 0) is 4.74 Å². The monoisotopic (exact) mass is 335 g/mol. The van der Waals surface area contributed by atoms with Crippen LogP contribution in [0.5, 0.6) is 0 Å². The van der Waals surface area contributed by atoms with Crippen LogP contribution >= 0.6 is 0 Å². The number of methoxy groups -OCH3 is 1. The van der Waals surface area contributed by atoms with Crippen LogP contribution in [0.15, 0.2) is 47.5 Å². The second kappa shape index (κ2) is 5.52. The summed E-state index contributed by atoms with van der Waals surface area (Å²) < 4.78 is 7.60. The molecular formula is C17H13N5O3. The van der Waals surface area contributed by atoms with Crippen molar-refractivity contribution in [1.82, 2.24) is 24.4 Å². The molecule has 1 aromatic carbocycles. The van der Waals surface area contributed by atoms with E-state index in [9.17, 15) is 9.59 Å². The van der Waals surface area contributed by atoms with Crippen molar-refractivity contribution >= 4 is 22.6 Å². The van der Waals surface area contributed by atoms with Crippen LogP contribution in [0.1, 0.15) is 15.9 Å². The van der Waals surface area contributed by atoms with Gasteiger partial charge < -0.3 is 4.74 Å². The maximum atomic E-state index is 12.8. The molecule has 0 aliphatic rings. The van der Waals surface area contributed by atoms with Gasteiger partial charge in [0.1, 0.15) is 11.1 Å². The van der Waals surface area contributed by atoms with Gasteiger partial charge in [0.2, 0.25) is 0 Å². The molecular weight excluding hydrogens is 322 g/mol. The fourth-order valence-corrected chi connectivity index (χ4v) is 2.65. The summed E-state index contributed by atoms with van der Waals surface area (Å²) in [5, 5.41) is 12.1. The molecule has 4 rings (SSSR count). The summed E-state index contributed by atoms with van der Waals surface area (Å²) in [5.41, 5.74) is 2.59. The van der Waals surface area contributed by atoms with Crippen LogP contribution in [-0.4, -0.2) is 37.5 Å². The number of aromatic nitrogens is 5. The zero-order chi connectivity index (χ0) is 17.6. The Morgan fingerprint density at radius 2 is 1.88 bits per heavy atom. The number of carbonyl (C=O) groups excluding carboxylic acids is 1. The molecule has 3 heterocycles. The number of rotatable bonds is 2. The highest BCUT2D eigenvalue weighted by Crippen LogP contribution is 2.15. The fourth-order valence-electron chi connectivity index (χ4n) is 2.65. The number of aryl methyl sites for hydroxylation is 1. The molecule has 0 aliphatic carbocycles. The van der Waals surface area contributed by atoms with Crippen LogP contribution in [0.25, 0.3) is 22.4 Å². The largest absolute Gasteiger partial charge is 0.465 e. The van der Waals surface area contributed by atoms with Gasteiger partial charge in [0, 0.05) is 11.9 Å². The molecule has 0 bridgehead atoms. The van der Waals surface area contributed by atoms with E-state index in [4.69, 9.17) is 4.74 Å². The average Bonchev–Trinajstić information content (AvgIpc) is 3.07. The number of hydrogen-bond donors (Lipinski definition) is 0.